The number of carbonyl (C=O) groups excluding carboxylic acids is 1. The highest BCUT2D eigenvalue weighted by Gasteiger charge is 2.24. The van der Waals surface area contributed by atoms with Crippen molar-refractivity contribution in [3.63, 3.8) is 0 Å². The lowest BCUT2D eigenvalue weighted by atomic mass is 10.1. The molecule has 1 aliphatic heterocycles. The average Bonchev–Trinajstić information content (AvgIpc) is 3.11. The summed E-state index contributed by atoms with van der Waals surface area (Å²) in [6.07, 6.45) is 0.757. The van der Waals surface area contributed by atoms with Crippen molar-refractivity contribution >= 4 is 40.5 Å². The summed E-state index contributed by atoms with van der Waals surface area (Å²) in [5, 5.41) is 5.30. The van der Waals surface area contributed by atoms with Gasteiger partial charge >= 0.3 is 0 Å². The standard InChI is InChI=1S/C23H15ClN2O2S2/c24-16-6-8-17(9-7-16)26-20(27)12-15-10-11-29-23-18(21(15)25-26)13-19(30-23)22(28)14-4-2-1-3-5-14/h1-9,12-13H,10-11H2. The third-order valence-electron chi connectivity index (χ3n) is 4.90. The molecule has 30 heavy (non-hydrogen) atoms. The van der Waals surface area contributed by atoms with Crippen LogP contribution in [0.4, 0.5) is 0 Å². The van der Waals surface area contributed by atoms with Crippen LogP contribution in [-0.4, -0.2) is 21.3 Å². The summed E-state index contributed by atoms with van der Waals surface area (Å²) < 4.78 is 2.45. The molecular weight excluding hydrogens is 436 g/mol. The Labute approximate surface area is 186 Å². The Morgan fingerprint density at radius 3 is 2.57 bits per heavy atom. The minimum Gasteiger partial charge on any atom is -0.288 e. The number of thioether (sulfide) groups is 1. The Morgan fingerprint density at radius 1 is 1.03 bits per heavy atom. The first-order valence-electron chi connectivity index (χ1n) is 9.36. The number of aromatic nitrogens is 2. The van der Waals surface area contributed by atoms with Gasteiger partial charge in [0.1, 0.15) is 0 Å². The van der Waals surface area contributed by atoms with Crippen molar-refractivity contribution in [2.24, 2.45) is 0 Å². The predicted molar refractivity (Wildman–Crippen MR) is 122 cm³/mol. The van der Waals surface area contributed by atoms with Crippen molar-refractivity contribution in [3.8, 4) is 16.9 Å². The summed E-state index contributed by atoms with van der Waals surface area (Å²) in [7, 11) is 0. The molecule has 0 spiro atoms. The van der Waals surface area contributed by atoms with Crippen molar-refractivity contribution in [3.05, 3.63) is 98.1 Å². The second-order valence-electron chi connectivity index (χ2n) is 6.85. The molecule has 0 radical (unpaired) electrons. The second-order valence-corrected chi connectivity index (χ2v) is 9.70. The minimum absolute atomic E-state index is 0.00171. The molecule has 0 aliphatic carbocycles. The van der Waals surface area contributed by atoms with Crippen LogP contribution in [-0.2, 0) is 6.42 Å². The average molecular weight is 451 g/mol. The van der Waals surface area contributed by atoms with Gasteiger partial charge in [-0.3, -0.25) is 9.59 Å². The summed E-state index contributed by atoms with van der Waals surface area (Å²) >= 11 is 9.18. The molecular formula is C23H15ClN2O2S2. The number of benzene rings is 2. The first kappa shape index (κ1) is 19.3. The molecule has 148 valence electrons. The third-order valence-corrected chi connectivity index (χ3v) is 7.57. The van der Waals surface area contributed by atoms with Crippen LogP contribution in [0, 0.1) is 0 Å². The molecule has 4 nitrogen and oxygen atoms in total. The molecule has 0 fully saturated rings. The van der Waals surface area contributed by atoms with Gasteiger partial charge in [-0.1, -0.05) is 41.9 Å². The van der Waals surface area contributed by atoms with E-state index in [0.29, 0.717) is 21.2 Å². The van der Waals surface area contributed by atoms with Crippen LogP contribution in [0.1, 0.15) is 20.8 Å². The number of nitrogens with zero attached hydrogens (tertiary/aromatic N) is 2. The molecule has 0 atom stereocenters. The fraction of sp³-hybridized carbons (Fsp3) is 0.0870. The Morgan fingerprint density at radius 2 is 1.80 bits per heavy atom. The summed E-state index contributed by atoms with van der Waals surface area (Å²) in [5.41, 5.74) is 3.72. The van der Waals surface area contributed by atoms with Crippen molar-refractivity contribution in [1.82, 2.24) is 9.78 Å². The highest BCUT2D eigenvalue weighted by molar-refractivity contribution is 8.01. The molecule has 1 aliphatic rings. The van der Waals surface area contributed by atoms with E-state index in [1.807, 2.05) is 36.4 Å². The summed E-state index contributed by atoms with van der Waals surface area (Å²) in [6, 6.07) is 19.9. The van der Waals surface area contributed by atoms with E-state index in [9.17, 15) is 9.59 Å². The van der Waals surface area contributed by atoms with Gasteiger partial charge in [0.05, 0.1) is 20.5 Å². The fourth-order valence-corrected chi connectivity index (χ4v) is 5.97. The van der Waals surface area contributed by atoms with Gasteiger partial charge in [-0.15, -0.1) is 23.1 Å². The zero-order valence-corrected chi connectivity index (χ0v) is 18.1. The largest absolute Gasteiger partial charge is 0.288 e. The van der Waals surface area contributed by atoms with Gasteiger partial charge in [0.15, 0.2) is 0 Å². The van der Waals surface area contributed by atoms with Gasteiger partial charge in [-0.05, 0) is 42.3 Å². The van der Waals surface area contributed by atoms with Crippen molar-refractivity contribution < 1.29 is 4.79 Å². The van der Waals surface area contributed by atoms with E-state index >= 15 is 0 Å². The predicted octanol–water partition coefficient (Wildman–Crippen LogP) is 5.49. The number of aryl methyl sites for hydroxylation is 1. The highest BCUT2D eigenvalue weighted by atomic mass is 35.5. The van der Waals surface area contributed by atoms with Crippen molar-refractivity contribution in [1.29, 1.82) is 0 Å². The number of carbonyl (C=O) groups is 1. The van der Waals surface area contributed by atoms with Crippen LogP contribution in [0.3, 0.4) is 0 Å². The van der Waals surface area contributed by atoms with E-state index < -0.39 is 0 Å². The maximum atomic E-state index is 12.9. The molecule has 2 aromatic carbocycles. The molecule has 0 amide bonds. The van der Waals surface area contributed by atoms with Gasteiger partial charge in [-0.2, -0.15) is 9.78 Å². The number of hydrogen-bond donors (Lipinski definition) is 0. The van der Waals surface area contributed by atoms with Gasteiger partial charge in [0, 0.05) is 28.0 Å². The lowest BCUT2D eigenvalue weighted by Crippen LogP contribution is -2.22. The molecule has 2 aromatic heterocycles. The lowest BCUT2D eigenvalue weighted by Gasteiger charge is -2.10. The zero-order valence-electron chi connectivity index (χ0n) is 15.7. The number of rotatable bonds is 3. The van der Waals surface area contributed by atoms with E-state index in [1.54, 1.807) is 42.1 Å². The number of thiophene rings is 1. The van der Waals surface area contributed by atoms with Crippen LogP contribution in [0.15, 0.2) is 75.7 Å². The number of fused-ring (bicyclic) bond motifs is 3. The molecule has 0 unspecified atom stereocenters. The topological polar surface area (TPSA) is 52.0 Å². The minimum atomic E-state index is -0.180. The Kier molecular flexibility index (Phi) is 5.06. The summed E-state index contributed by atoms with van der Waals surface area (Å²) in [6.45, 7) is 0. The quantitative estimate of drug-likeness (QED) is 0.387. The number of halogens is 1. The van der Waals surface area contributed by atoms with E-state index in [0.717, 1.165) is 33.2 Å². The molecule has 0 bridgehead atoms. The Hall–Kier alpha value is -2.67. The first-order chi connectivity index (χ1) is 14.6. The molecule has 0 saturated heterocycles. The van der Waals surface area contributed by atoms with Gasteiger partial charge < -0.3 is 0 Å². The van der Waals surface area contributed by atoms with Crippen LogP contribution < -0.4 is 5.56 Å². The van der Waals surface area contributed by atoms with E-state index in [4.69, 9.17) is 16.7 Å². The van der Waals surface area contributed by atoms with E-state index in [2.05, 4.69) is 0 Å². The monoisotopic (exact) mass is 450 g/mol. The number of ketones is 1. The molecule has 3 heterocycles. The van der Waals surface area contributed by atoms with Crippen LogP contribution in [0.5, 0.6) is 0 Å². The molecule has 5 rings (SSSR count). The molecule has 0 saturated carbocycles. The van der Waals surface area contributed by atoms with Crippen LogP contribution in [0.25, 0.3) is 16.9 Å². The molecule has 7 heteroatoms. The van der Waals surface area contributed by atoms with E-state index in [-0.39, 0.29) is 11.3 Å². The van der Waals surface area contributed by atoms with E-state index in [1.165, 1.54) is 16.0 Å². The van der Waals surface area contributed by atoms with Crippen LogP contribution in [0.2, 0.25) is 5.02 Å². The first-order valence-corrected chi connectivity index (χ1v) is 11.5. The highest BCUT2D eigenvalue weighted by Crippen LogP contribution is 2.42. The van der Waals surface area contributed by atoms with Gasteiger partial charge in [-0.25, -0.2) is 0 Å². The second kappa shape index (κ2) is 7.87. The normalized spacial score (nSPS) is 12.7. The van der Waals surface area contributed by atoms with Crippen molar-refractivity contribution in [2.75, 3.05) is 5.75 Å². The summed E-state index contributed by atoms with van der Waals surface area (Å²) in [5.74, 6) is 0.841. The maximum absolute atomic E-state index is 12.9. The lowest BCUT2D eigenvalue weighted by molar-refractivity contribution is 0.104. The molecule has 4 aromatic rings. The number of hydrogen-bond acceptors (Lipinski definition) is 5. The fourth-order valence-electron chi connectivity index (χ4n) is 3.42. The Balaban J connectivity index is 1.63. The van der Waals surface area contributed by atoms with Gasteiger partial charge in [0.25, 0.3) is 5.56 Å². The SMILES string of the molecule is O=C(c1ccccc1)c1cc2c(s1)SCCc1cc(=O)n(-c3ccc(Cl)cc3)nc1-2. The smallest absolute Gasteiger partial charge is 0.271 e. The zero-order chi connectivity index (χ0) is 20.7. The Bertz CT molecular complexity index is 1310. The van der Waals surface area contributed by atoms with Crippen LogP contribution >= 0.6 is 34.7 Å². The molecule has 0 N–H and O–H groups in total. The summed E-state index contributed by atoms with van der Waals surface area (Å²) in [4.78, 5) is 26.3. The third kappa shape index (κ3) is 3.51. The van der Waals surface area contributed by atoms with Gasteiger partial charge in [0.2, 0.25) is 5.78 Å². The van der Waals surface area contributed by atoms with Crippen molar-refractivity contribution in [2.45, 2.75) is 10.6 Å². The maximum Gasteiger partial charge on any atom is 0.271 e.